The van der Waals surface area contributed by atoms with Gasteiger partial charge in [0.1, 0.15) is 0 Å². The summed E-state index contributed by atoms with van der Waals surface area (Å²) in [6.45, 7) is 4.94. The zero-order valence-corrected chi connectivity index (χ0v) is 7.13. The Morgan fingerprint density at radius 3 is 2.64 bits per heavy atom. The zero-order valence-electron chi connectivity index (χ0n) is 7.13. The monoisotopic (exact) mass is 156 g/mol. The molecule has 1 amide bonds. The fourth-order valence-corrected chi connectivity index (χ4v) is 1.44. The first-order chi connectivity index (χ1) is 5.11. The second-order valence-electron chi connectivity index (χ2n) is 3.59. The van der Waals surface area contributed by atoms with E-state index in [1.165, 1.54) is 0 Å². The highest BCUT2D eigenvalue weighted by Gasteiger charge is 2.28. The van der Waals surface area contributed by atoms with E-state index in [2.05, 4.69) is 19.2 Å². The molecule has 1 aliphatic rings. The second-order valence-corrected chi connectivity index (χ2v) is 3.59. The molecule has 0 aliphatic carbocycles. The van der Waals surface area contributed by atoms with E-state index >= 15 is 0 Å². The molecule has 0 radical (unpaired) electrons. The van der Waals surface area contributed by atoms with Gasteiger partial charge < -0.3 is 11.1 Å². The molecule has 1 fully saturated rings. The van der Waals surface area contributed by atoms with Gasteiger partial charge in [0.2, 0.25) is 5.91 Å². The summed E-state index contributed by atoms with van der Waals surface area (Å²) in [7, 11) is 0. The minimum atomic E-state index is 0.145. The average molecular weight is 156 g/mol. The number of rotatable bonds is 2. The van der Waals surface area contributed by atoms with Gasteiger partial charge in [0.05, 0.1) is 0 Å². The molecule has 0 aromatic rings. The van der Waals surface area contributed by atoms with Gasteiger partial charge in [-0.15, -0.1) is 0 Å². The Labute approximate surface area is 67.3 Å². The van der Waals surface area contributed by atoms with Crippen molar-refractivity contribution in [1.82, 2.24) is 5.32 Å². The molecule has 64 valence electrons. The van der Waals surface area contributed by atoms with Crippen LogP contribution in [-0.2, 0) is 4.79 Å². The maximum absolute atomic E-state index is 10.8. The predicted octanol–water partition coefficient (Wildman–Crippen LogP) is 0.106. The standard InChI is InChI=1S/C8H16N2O/c1-5(2)8(9)6-3-7(11)10-4-6/h5-6,8H,3-4,9H2,1-2H3,(H,10,11). The minimum absolute atomic E-state index is 0.145. The van der Waals surface area contributed by atoms with Crippen molar-refractivity contribution >= 4 is 5.91 Å². The Morgan fingerprint density at radius 1 is 1.64 bits per heavy atom. The van der Waals surface area contributed by atoms with Crippen LogP contribution in [0.2, 0.25) is 0 Å². The maximum Gasteiger partial charge on any atom is 0.220 e. The fourth-order valence-electron chi connectivity index (χ4n) is 1.44. The third-order valence-corrected chi connectivity index (χ3v) is 2.32. The fraction of sp³-hybridized carbons (Fsp3) is 0.875. The minimum Gasteiger partial charge on any atom is -0.356 e. The van der Waals surface area contributed by atoms with Gasteiger partial charge in [-0.25, -0.2) is 0 Å². The van der Waals surface area contributed by atoms with Crippen LogP contribution in [0, 0.1) is 11.8 Å². The van der Waals surface area contributed by atoms with Crippen molar-refractivity contribution in [2.75, 3.05) is 6.54 Å². The van der Waals surface area contributed by atoms with Crippen LogP contribution in [0.25, 0.3) is 0 Å². The molecule has 3 N–H and O–H groups in total. The second kappa shape index (κ2) is 3.22. The van der Waals surface area contributed by atoms with Crippen molar-refractivity contribution in [2.45, 2.75) is 26.3 Å². The van der Waals surface area contributed by atoms with Crippen LogP contribution < -0.4 is 11.1 Å². The molecule has 0 spiro atoms. The lowest BCUT2D eigenvalue weighted by Gasteiger charge is -2.20. The van der Waals surface area contributed by atoms with Crippen molar-refractivity contribution in [2.24, 2.45) is 17.6 Å². The number of hydrogen-bond donors (Lipinski definition) is 2. The lowest BCUT2D eigenvalue weighted by Crippen LogP contribution is -2.36. The summed E-state index contributed by atoms with van der Waals surface area (Å²) in [6.07, 6.45) is 0.610. The van der Waals surface area contributed by atoms with E-state index in [4.69, 9.17) is 5.73 Å². The van der Waals surface area contributed by atoms with Gasteiger partial charge >= 0.3 is 0 Å². The summed E-state index contributed by atoms with van der Waals surface area (Å²) in [4.78, 5) is 10.8. The molecular weight excluding hydrogens is 140 g/mol. The quantitative estimate of drug-likeness (QED) is 0.596. The Balaban J connectivity index is 2.43. The van der Waals surface area contributed by atoms with E-state index in [-0.39, 0.29) is 11.9 Å². The van der Waals surface area contributed by atoms with Gasteiger partial charge in [0, 0.05) is 24.9 Å². The number of carbonyl (C=O) groups excluding carboxylic acids is 1. The van der Waals surface area contributed by atoms with E-state index in [0.717, 1.165) is 6.54 Å². The number of nitrogens with one attached hydrogen (secondary N) is 1. The largest absolute Gasteiger partial charge is 0.356 e. The number of nitrogens with two attached hydrogens (primary N) is 1. The number of hydrogen-bond acceptors (Lipinski definition) is 2. The van der Waals surface area contributed by atoms with Crippen LogP contribution in [0.4, 0.5) is 0 Å². The van der Waals surface area contributed by atoms with Crippen LogP contribution >= 0.6 is 0 Å². The molecule has 0 saturated carbocycles. The van der Waals surface area contributed by atoms with Crippen LogP contribution in [0.15, 0.2) is 0 Å². The maximum atomic E-state index is 10.8. The van der Waals surface area contributed by atoms with E-state index in [0.29, 0.717) is 18.3 Å². The van der Waals surface area contributed by atoms with Crippen LogP contribution in [0.5, 0.6) is 0 Å². The molecule has 1 heterocycles. The van der Waals surface area contributed by atoms with Gasteiger partial charge in [0.25, 0.3) is 0 Å². The molecule has 0 aromatic carbocycles. The molecule has 11 heavy (non-hydrogen) atoms. The van der Waals surface area contributed by atoms with Crippen molar-refractivity contribution in [3.8, 4) is 0 Å². The van der Waals surface area contributed by atoms with Crippen molar-refractivity contribution < 1.29 is 4.79 Å². The van der Waals surface area contributed by atoms with Gasteiger partial charge in [-0.1, -0.05) is 13.8 Å². The van der Waals surface area contributed by atoms with Gasteiger partial charge in [-0.05, 0) is 5.92 Å². The predicted molar refractivity (Wildman–Crippen MR) is 43.9 cm³/mol. The summed E-state index contributed by atoms with van der Waals surface area (Å²) in [5.41, 5.74) is 5.89. The van der Waals surface area contributed by atoms with Crippen molar-refractivity contribution in [3.63, 3.8) is 0 Å². The molecule has 2 atom stereocenters. The summed E-state index contributed by atoms with van der Waals surface area (Å²) < 4.78 is 0. The van der Waals surface area contributed by atoms with Crippen molar-refractivity contribution in [3.05, 3.63) is 0 Å². The lowest BCUT2D eigenvalue weighted by atomic mass is 9.91. The summed E-state index contributed by atoms with van der Waals surface area (Å²) >= 11 is 0. The summed E-state index contributed by atoms with van der Waals surface area (Å²) in [5.74, 6) is 0.960. The third kappa shape index (κ3) is 1.93. The van der Waals surface area contributed by atoms with Gasteiger partial charge in [0.15, 0.2) is 0 Å². The molecule has 1 rings (SSSR count). The van der Waals surface area contributed by atoms with Crippen LogP contribution in [0.1, 0.15) is 20.3 Å². The summed E-state index contributed by atoms with van der Waals surface area (Å²) in [6, 6.07) is 0.161. The highest BCUT2D eigenvalue weighted by molar-refractivity contribution is 5.78. The number of amides is 1. The first-order valence-electron chi connectivity index (χ1n) is 4.13. The highest BCUT2D eigenvalue weighted by atomic mass is 16.1. The molecular formula is C8H16N2O. The Bertz CT molecular complexity index is 156. The highest BCUT2D eigenvalue weighted by Crippen LogP contribution is 2.17. The number of carbonyl (C=O) groups is 1. The Hall–Kier alpha value is -0.570. The summed E-state index contributed by atoms with van der Waals surface area (Å²) in [5, 5.41) is 2.79. The van der Waals surface area contributed by atoms with E-state index < -0.39 is 0 Å². The molecule has 0 bridgehead atoms. The molecule has 3 heteroatoms. The van der Waals surface area contributed by atoms with E-state index in [1.807, 2.05) is 0 Å². The van der Waals surface area contributed by atoms with Crippen LogP contribution in [-0.4, -0.2) is 18.5 Å². The lowest BCUT2D eigenvalue weighted by molar-refractivity contribution is -0.119. The smallest absolute Gasteiger partial charge is 0.220 e. The van der Waals surface area contributed by atoms with Gasteiger partial charge in [-0.3, -0.25) is 4.79 Å². The van der Waals surface area contributed by atoms with E-state index in [1.54, 1.807) is 0 Å². The molecule has 2 unspecified atom stereocenters. The van der Waals surface area contributed by atoms with Gasteiger partial charge in [-0.2, -0.15) is 0 Å². The normalized spacial score (nSPS) is 27.3. The zero-order chi connectivity index (χ0) is 8.43. The Morgan fingerprint density at radius 2 is 2.27 bits per heavy atom. The average Bonchev–Trinajstić information content (AvgIpc) is 2.34. The SMILES string of the molecule is CC(C)C(N)C1CNC(=O)C1. The molecule has 0 aromatic heterocycles. The molecule has 3 nitrogen and oxygen atoms in total. The topological polar surface area (TPSA) is 55.1 Å². The van der Waals surface area contributed by atoms with Crippen molar-refractivity contribution in [1.29, 1.82) is 0 Å². The third-order valence-electron chi connectivity index (χ3n) is 2.32. The van der Waals surface area contributed by atoms with Crippen LogP contribution in [0.3, 0.4) is 0 Å². The first kappa shape index (κ1) is 8.53. The Kier molecular flexibility index (Phi) is 2.49. The first-order valence-corrected chi connectivity index (χ1v) is 4.13. The molecule has 1 aliphatic heterocycles. The molecule has 1 saturated heterocycles. The van der Waals surface area contributed by atoms with E-state index in [9.17, 15) is 4.79 Å².